The van der Waals surface area contributed by atoms with Crippen molar-refractivity contribution in [2.45, 2.75) is 33.2 Å². The molecule has 1 atom stereocenters. The lowest BCUT2D eigenvalue weighted by Crippen LogP contribution is -2.32. The van der Waals surface area contributed by atoms with E-state index in [4.69, 9.17) is 4.74 Å². The summed E-state index contributed by atoms with van der Waals surface area (Å²) in [5, 5.41) is 5.71. The zero-order valence-electron chi connectivity index (χ0n) is 14.8. The van der Waals surface area contributed by atoms with Gasteiger partial charge in [0.25, 0.3) is 0 Å². The highest BCUT2D eigenvalue weighted by molar-refractivity contribution is 5.93. The molecule has 0 radical (unpaired) electrons. The number of nitrogens with one attached hydrogen (secondary N) is 2. The van der Waals surface area contributed by atoms with Crippen molar-refractivity contribution in [2.75, 3.05) is 11.9 Å². The predicted molar refractivity (Wildman–Crippen MR) is 98.5 cm³/mol. The largest absolute Gasteiger partial charge is 0.450 e. The summed E-state index contributed by atoms with van der Waals surface area (Å²) >= 11 is 0. The van der Waals surface area contributed by atoms with Crippen molar-refractivity contribution in [1.29, 1.82) is 0 Å². The number of hydrogen-bond donors (Lipinski definition) is 2. The molecule has 2 aromatic carbocycles. The van der Waals surface area contributed by atoms with Gasteiger partial charge < -0.3 is 15.4 Å². The molecule has 0 aliphatic rings. The molecular weight excluding hydrogens is 316 g/mol. The average molecular weight is 340 g/mol. The van der Waals surface area contributed by atoms with Gasteiger partial charge in [0.1, 0.15) is 0 Å². The number of ether oxygens (including phenoxy) is 1. The summed E-state index contributed by atoms with van der Waals surface area (Å²) in [6.07, 6.45) is -0.410. The number of anilines is 1. The van der Waals surface area contributed by atoms with Gasteiger partial charge in [-0.15, -0.1) is 0 Å². The molecule has 2 N–H and O–H groups in total. The molecule has 132 valence electrons. The van der Waals surface area contributed by atoms with Gasteiger partial charge in [-0.3, -0.25) is 4.79 Å². The lowest BCUT2D eigenvalue weighted by molar-refractivity contribution is -0.116. The van der Waals surface area contributed by atoms with Crippen LogP contribution in [0.3, 0.4) is 0 Å². The minimum atomic E-state index is -0.531. The molecular formula is C20H24N2O3. The maximum Gasteiger partial charge on any atom is 0.407 e. The molecule has 2 aromatic rings. The summed E-state index contributed by atoms with van der Waals surface area (Å²) in [6.45, 7) is 5.93. The Morgan fingerprint density at radius 1 is 1.00 bits per heavy atom. The number of alkyl carbamates (subject to hydrolysis) is 1. The van der Waals surface area contributed by atoms with Crippen LogP contribution in [0.4, 0.5) is 10.5 Å². The molecule has 0 aliphatic heterocycles. The molecule has 0 unspecified atom stereocenters. The summed E-state index contributed by atoms with van der Waals surface area (Å²) in [6, 6.07) is 14.8. The number of hydrogen-bond acceptors (Lipinski definition) is 3. The summed E-state index contributed by atoms with van der Waals surface area (Å²) in [5.74, 6) is -0.164. The molecule has 5 heteroatoms. The minimum absolute atomic E-state index is 0.122. The van der Waals surface area contributed by atoms with Crippen LogP contribution in [-0.4, -0.2) is 18.6 Å². The number of para-hydroxylation sites is 1. The number of amides is 2. The molecule has 5 nitrogen and oxygen atoms in total. The molecule has 0 aliphatic carbocycles. The van der Waals surface area contributed by atoms with E-state index in [1.54, 1.807) is 6.92 Å². The van der Waals surface area contributed by atoms with E-state index in [2.05, 4.69) is 10.6 Å². The van der Waals surface area contributed by atoms with E-state index < -0.39 is 12.1 Å². The normalized spacial score (nSPS) is 11.5. The molecule has 0 saturated carbocycles. The Kier molecular flexibility index (Phi) is 6.57. The van der Waals surface area contributed by atoms with Gasteiger partial charge >= 0.3 is 6.09 Å². The Bertz CT molecular complexity index is 709. The smallest absolute Gasteiger partial charge is 0.407 e. The van der Waals surface area contributed by atoms with Crippen molar-refractivity contribution in [3.63, 3.8) is 0 Å². The lowest BCUT2D eigenvalue weighted by atomic mass is 10.0. The molecule has 0 bridgehead atoms. The molecule has 0 fully saturated rings. The van der Waals surface area contributed by atoms with Gasteiger partial charge in [0.15, 0.2) is 0 Å². The van der Waals surface area contributed by atoms with Crippen molar-refractivity contribution < 1.29 is 14.3 Å². The number of aryl methyl sites for hydroxylation is 2. The van der Waals surface area contributed by atoms with Crippen LogP contribution in [0, 0.1) is 13.8 Å². The molecule has 0 spiro atoms. The highest BCUT2D eigenvalue weighted by Crippen LogP contribution is 2.22. The third-order valence-corrected chi connectivity index (χ3v) is 3.90. The SMILES string of the molecule is CCOC(=O)N[C@@H](CC(=O)Nc1c(C)cccc1C)c1ccccc1. The second-order valence-corrected chi connectivity index (χ2v) is 5.85. The fourth-order valence-electron chi connectivity index (χ4n) is 2.64. The van der Waals surface area contributed by atoms with E-state index in [9.17, 15) is 9.59 Å². The van der Waals surface area contributed by atoms with Crippen LogP contribution >= 0.6 is 0 Å². The van der Waals surface area contributed by atoms with E-state index in [1.807, 2.05) is 62.4 Å². The second kappa shape index (κ2) is 8.87. The van der Waals surface area contributed by atoms with Gasteiger partial charge in [0.2, 0.25) is 5.91 Å². The van der Waals surface area contributed by atoms with E-state index in [0.29, 0.717) is 0 Å². The lowest BCUT2D eigenvalue weighted by Gasteiger charge is -2.19. The summed E-state index contributed by atoms with van der Waals surface area (Å²) in [4.78, 5) is 24.3. The van der Waals surface area contributed by atoms with Gasteiger partial charge in [-0.25, -0.2) is 4.79 Å². The van der Waals surface area contributed by atoms with E-state index in [1.165, 1.54) is 0 Å². The topological polar surface area (TPSA) is 67.4 Å². The van der Waals surface area contributed by atoms with E-state index in [-0.39, 0.29) is 18.9 Å². The first-order valence-corrected chi connectivity index (χ1v) is 8.35. The Morgan fingerprint density at radius 2 is 1.64 bits per heavy atom. The molecule has 0 heterocycles. The Morgan fingerprint density at radius 3 is 2.24 bits per heavy atom. The van der Waals surface area contributed by atoms with Gasteiger partial charge in [0.05, 0.1) is 19.1 Å². The standard InChI is InChI=1S/C20H24N2O3/c1-4-25-20(24)21-17(16-11-6-5-7-12-16)13-18(23)22-19-14(2)9-8-10-15(19)3/h5-12,17H,4,13H2,1-3H3,(H,21,24)(H,22,23)/t17-/m0/s1. The minimum Gasteiger partial charge on any atom is -0.450 e. The van der Waals surface area contributed by atoms with Crippen LogP contribution in [0.15, 0.2) is 48.5 Å². The Hall–Kier alpha value is -2.82. The fraction of sp³-hybridized carbons (Fsp3) is 0.300. The Balaban J connectivity index is 2.12. The maximum absolute atomic E-state index is 12.5. The molecule has 0 saturated heterocycles. The first-order chi connectivity index (χ1) is 12.0. The van der Waals surface area contributed by atoms with Gasteiger partial charge in [-0.1, -0.05) is 48.5 Å². The number of benzene rings is 2. The van der Waals surface area contributed by atoms with Crippen molar-refractivity contribution in [2.24, 2.45) is 0 Å². The van der Waals surface area contributed by atoms with Crippen LogP contribution in [0.5, 0.6) is 0 Å². The van der Waals surface area contributed by atoms with Crippen LogP contribution in [-0.2, 0) is 9.53 Å². The quantitative estimate of drug-likeness (QED) is 0.831. The molecule has 2 amide bonds. The maximum atomic E-state index is 12.5. The van der Waals surface area contributed by atoms with Gasteiger partial charge in [0, 0.05) is 5.69 Å². The van der Waals surface area contributed by atoms with E-state index in [0.717, 1.165) is 22.4 Å². The fourth-order valence-corrected chi connectivity index (χ4v) is 2.64. The number of carbonyl (C=O) groups is 2. The average Bonchev–Trinajstić information content (AvgIpc) is 2.59. The van der Waals surface area contributed by atoms with Crippen molar-refractivity contribution in [1.82, 2.24) is 5.32 Å². The molecule has 2 rings (SSSR count). The van der Waals surface area contributed by atoms with Crippen LogP contribution in [0.25, 0.3) is 0 Å². The second-order valence-electron chi connectivity index (χ2n) is 5.85. The zero-order valence-corrected chi connectivity index (χ0v) is 14.8. The highest BCUT2D eigenvalue weighted by Gasteiger charge is 2.19. The highest BCUT2D eigenvalue weighted by atomic mass is 16.5. The zero-order chi connectivity index (χ0) is 18.2. The van der Waals surface area contributed by atoms with Crippen LogP contribution in [0.1, 0.15) is 36.1 Å². The Labute approximate surface area is 148 Å². The van der Waals surface area contributed by atoms with Crippen LogP contribution < -0.4 is 10.6 Å². The molecule has 25 heavy (non-hydrogen) atoms. The van der Waals surface area contributed by atoms with Gasteiger partial charge in [-0.2, -0.15) is 0 Å². The van der Waals surface area contributed by atoms with Gasteiger partial charge in [-0.05, 0) is 37.5 Å². The van der Waals surface area contributed by atoms with Crippen molar-refractivity contribution in [3.8, 4) is 0 Å². The first kappa shape index (κ1) is 18.5. The third kappa shape index (κ3) is 5.35. The van der Waals surface area contributed by atoms with Crippen molar-refractivity contribution in [3.05, 3.63) is 65.2 Å². The number of rotatable bonds is 6. The van der Waals surface area contributed by atoms with E-state index >= 15 is 0 Å². The first-order valence-electron chi connectivity index (χ1n) is 8.35. The predicted octanol–water partition coefficient (Wildman–Crippen LogP) is 4.12. The van der Waals surface area contributed by atoms with Crippen molar-refractivity contribution >= 4 is 17.7 Å². The summed E-state index contributed by atoms with van der Waals surface area (Å²) < 4.78 is 4.95. The van der Waals surface area contributed by atoms with Crippen LogP contribution in [0.2, 0.25) is 0 Å². The monoisotopic (exact) mass is 340 g/mol. The summed E-state index contributed by atoms with van der Waals surface area (Å²) in [7, 11) is 0. The number of carbonyl (C=O) groups excluding carboxylic acids is 2. The third-order valence-electron chi connectivity index (χ3n) is 3.90. The molecule has 0 aromatic heterocycles. The summed E-state index contributed by atoms with van der Waals surface area (Å²) in [5.41, 5.74) is 3.67.